The summed E-state index contributed by atoms with van der Waals surface area (Å²) < 4.78 is 1.25. The van der Waals surface area contributed by atoms with E-state index in [1.54, 1.807) is 11.3 Å². The molecule has 0 amide bonds. The number of hydrogen-bond acceptors (Lipinski definition) is 3. The zero-order valence-electron chi connectivity index (χ0n) is 12.6. The second-order valence-corrected chi connectivity index (χ2v) is 6.60. The van der Waals surface area contributed by atoms with Crippen LogP contribution in [0.4, 0.5) is 0 Å². The summed E-state index contributed by atoms with van der Waals surface area (Å²) in [4.78, 5) is 4.73. The highest BCUT2D eigenvalue weighted by Crippen LogP contribution is 2.27. The molecule has 0 bridgehead atoms. The van der Waals surface area contributed by atoms with Crippen LogP contribution in [0, 0.1) is 6.92 Å². The summed E-state index contributed by atoms with van der Waals surface area (Å²) in [5.74, 6) is 0. The van der Waals surface area contributed by atoms with Gasteiger partial charge in [-0.15, -0.1) is 11.3 Å². The highest BCUT2D eigenvalue weighted by Gasteiger charge is 2.14. The number of fused-ring (bicyclic) bond motifs is 1. The van der Waals surface area contributed by atoms with Crippen molar-refractivity contribution in [3.63, 3.8) is 0 Å². The van der Waals surface area contributed by atoms with Gasteiger partial charge in [-0.25, -0.2) is 4.98 Å². The monoisotopic (exact) mass is 296 g/mol. The van der Waals surface area contributed by atoms with Crippen molar-refractivity contribution in [3.8, 4) is 0 Å². The number of nitrogens with zero attached hydrogens (tertiary/aromatic N) is 1. The Morgan fingerprint density at radius 1 is 0.952 bits per heavy atom. The van der Waals surface area contributed by atoms with Crippen LogP contribution >= 0.6 is 11.3 Å². The first-order valence-electron chi connectivity index (χ1n) is 7.31. The van der Waals surface area contributed by atoms with Crippen LogP contribution in [0.2, 0.25) is 0 Å². The Labute approximate surface area is 129 Å². The molecule has 2 nitrogen and oxygen atoms in total. The van der Waals surface area contributed by atoms with Crippen LogP contribution in [0.25, 0.3) is 10.2 Å². The largest absolute Gasteiger partial charge is 0.302 e. The smallest absolute Gasteiger partial charge is 0.111 e. The lowest BCUT2D eigenvalue weighted by Crippen LogP contribution is -2.22. The second-order valence-electron chi connectivity index (χ2n) is 5.54. The van der Waals surface area contributed by atoms with E-state index >= 15 is 0 Å². The summed E-state index contributed by atoms with van der Waals surface area (Å²) in [5.41, 5.74) is 3.70. The third-order valence-corrected chi connectivity index (χ3v) is 4.98. The van der Waals surface area contributed by atoms with Gasteiger partial charge in [0.15, 0.2) is 0 Å². The Balaban J connectivity index is 1.75. The molecule has 0 aliphatic heterocycles. The van der Waals surface area contributed by atoms with E-state index in [4.69, 9.17) is 4.98 Å². The van der Waals surface area contributed by atoms with Gasteiger partial charge in [-0.1, -0.05) is 42.0 Å². The van der Waals surface area contributed by atoms with Crippen molar-refractivity contribution in [1.29, 1.82) is 0 Å². The average molecular weight is 296 g/mol. The summed E-state index contributed by atoms with van der Waals surface area (Å²) in [6.45, 7) is 6.50. The van der Waals surface area contributed by atoms with Crippen LogP contribution in [0.1, 0.15) is 42.1 Å². The van der Waals surface area contributed by atoms with E-state index in [0.29, 0.717) is 6.04 Å². The van der Waals surface area contributed by atoms with Gasteiger partial charge in [-0.3, -0.25) is 0 Å². The number of para-hydroxylation sites is 1. The molecule has 1 heterocycles. The Bertz CT molecular complexity index is 697. The fourth-order valence-corrected chi connectivity index (χ4v) is 3.45. The minimum Gasteiger partial charge on any atom is -0.302 e. The zero-order chi connectivity index (χ0) is 14.8. The van der Waals surface area contributed by atoms with Crippen molar-refractivity contribution in [1.82, 2.24) is 10.3 Å². The highest BCUT2D eigenvalue weighted by atomic mass is 32.1. The van der Waals surface area contributed by atoms with E-state index in [2.05, 4.69) is 68.6 Å². The molecule has 1 unspecified atom stereocenters. The Morgan fingerprint density at radius 3 is 2.38 bits per heavy atom. The molecule has 0 spiro atoms. The van der Waals surface area contributed by atoms with Gasteiger partial charge in [-0.05, 0) is 38.5 Å². The van der Waals surface area contributed by atoms with Crippen LogP contribution in [0.3, 0.4) is 0 Å². The van der Waals surface area contributed by atoms with Gasteiger partial charge in [0.25, 0.3) is 0 Å². The summed E-state index contributed by atoms with van der Waals surface area (Å²) >= 11 is 1.77. The SMILES string of the molecule is Cc1ccc([C@H](C)NC(C)c2nc3ccccc3s2)cc1. The fraction of sp³-hybridized carbons (Fsp3) is 0.278. The molecule has 1 N–H and O–H groups in total. The van der Waals surface area contributed by atoms with Crippen LogP contribution in [0.15, 0.2) is 48.5 Å². The Hall–Kier alpha value is -1.71. The van der Waals surface area contributed by atoms with Crippen molar-refractivity contribution < 1.29 is 0 Å². The number of aryl methyl sites for hydroxylation is 1. The lowest BCUT2D eigenvalue weighted by molar-refractivity contribution is 0.493. The van der Waals surface area contributed by atoms with E-state index in [1.807, 2.05) is 6.07 Å². The van der Waals surface area contributed by atoms with Gasteiger partial charge in [0.05, 0.1) is 16.3 Å². The summed E-state index contributed by atoms with van der Waals surface area (Å²) in [6.07, 6.45) is 0. The standard InChI is InChI=1S/C18H20N2S/c1-12-8-10-15(11-9-12)13(2)19-14(3)18-20-16-6-4-5-7-17(16)21-18/h4-11,13-14,19H,1-3H3/t13-,14?/m0/s1. The summed E-state index contributed by atoms with van der Waals surface area (Å²) in [6, 6.07) is 17.6. The van der Waals surface area contributed by atoms with Crippen LogP contribution < -0.4 is 5.32 Å². The van der Waals surface area contributed by atoms with Crippen LogP contribution in [-0.4, -0.2) is 4.98 Å². The van der Waals surface area contributed by atoms with E-state index in [1.165, 1.54) is 15.8 Å². The number of nitrogens with one attached hydrogen (secondary N) is 1. The molecule has 3 aromatic rings. The minimum atomic E-state index is 0.249. The predicted molar refractivity (Wildman–Crippen MR) is 90.8 cm³/mol. The Morgan fingerprint density at radius 2 is 1.67 bits per heavy atom. The van der Waals surface area contributed by atoms with Gasteiger partial charge in [0.2, 0.25) is 0 Å². The lowest BCUT2D eigenvalue weighted by Gasteiger charge is -2.19. The quantitative estimate of drug-likeness (QED) is 0.731. The second kappa shape index (κ2) is 5.96. The van der Waals surface area contributed by atoms with Gasteiger partial charge >= 0.3 is 0 Å². The highest BCUT2D eigenvalue weighted by molar-refractivity contribution is 7.18. The molecule has 2 aromatic carbocycles. The molecule has 0 radical (unpaired) electrons. The first-order chi connectivity index (χ1) is 10.1. The minimum absolute atomic E-state index is 0.249. The molecule has 0 saturated carbocycles. The molecule has 0 aliphatic rings. The molecule has 108 valence electrons. The van der Waals surface area contributed by atoms with Crippen molar-refractivity contribution in [2.75, 3.05) is 0 Å². The molecule has 0 aliphatic carbocycles. The van der Waals surface area contributed by atoms with Crippen LogP contribution in [0.5, 0.6) is 0 Å². The summed E-state index contributed by atoms with van der Waals surface area (Å²) in [7, 11) is 0. The molecule has 1 aromatic heterocycles. The molecule has 0 saturated heterocycles. The molecule has 2 atom stereocenters. The van der Waals surface area contributed by atoms with E-state index < -0.39 is 0 Å². The van der Waals surface area contributed by atoms with Crippen molar-refractivity contribution >= 4 is 21.6 Å². The van der Waals surface area contributed by atoms with Gasteiger partial charge in [0, 0.05) is 6.04 Å². The molecular weight excluding hydrogens is 276 g/mol. The van der Waals surface area contributed by atoms with Crippen molar-refractivity contribution in [2.24, 2.45) is 0 Å². The van der Waals surface area contributed by atoms with E-state index in [0.717, 1.165) is 10.5 Å². The zero-order valence-corrected chi connectivity index (χ0v) is 13.4. The van der Waals surface area contributed by atoms with Gasteiger partial charge in [0.1, 0.15) is 5.01 Å². The van der Waals surface area contributed by atoms with Crippen molar-refractivity contribution in [2.45, 2.75) is 32.9 Å². The normalized spacial score (nSPS) is 14.2. The number of benzene rings is 2. The maximum Gasteiger partial charge on any atom is 0.111 e. The predicted octanol–water partition coefficient (Wildman–Crippen LogP) is 5.02. The maximum atomic E-state index is 4.73. The number of thiazole rings is 1. The lowest BCUT2D eigenvalue weighted by atomic mass is 10.1. The number of hydrogen-bond donors (Lipinski definition) is 1. The first-order valence-corrected chi connectivity index (χ1v) is 8.13. The summed E-state index contributed by atoms with van der Waals surface area (Å²) in [5, 5.41) is 4.79. The van der Waals surface area contributed by atoms with E-state index in [-0.39, 0.29) is 6.04 Å². The first kappa shape index (κ1) is 14.2. The average Bonchev–Trinajstić information content (AvgIpc) is 2.92. The molecular formula is C18H20N2S. The molecule has 3 heteroatoms. The molecule has 21 heavy (non-hydrogen) atoms. The molecule has 3 rings (SSSR count). The molecule has 0 fully saturated rings. The van der Waals surface area contributed by atoms with Gasteiger partial charge in [-0.2, -0.15) is 0 Å². The number of rotatable bonds is 4. The van der Waals surface area contributed by atoms with Gasteiger partial charge < -0.3 is 5.32 Å². The topological polar surface area (TPSA) is 24.9 Å². The third-order valence-electron chi connectivity index (χ3n) is 3.76. The van der Waals surface area contributed by atoms with Crippen LogP contribution in [-0.2, 0) is 0 Å². The van der Waals surface area contributed by atoms with E-state index in [9.17, 15) is 0 Å². The van der Waals surface area contributed by atoms with Crippen molar-refractivity contribution in [3.05, 3.63) is 64.7 Å². The number of aromatic nitrogens is 1. The Kier molecular flexibility index (Phi) is 4.04. The fourth-order valence-electron chi connectivity index (χ4n) is 2.47. The third kappa shape index (κ3) is 3.14. The maximum absolute atomic E-state index is 4.73.